The number of hydrogen-bond donors (Lipinski definition) is 2. The van der Waals surface area contributed by atoms with Crippen molar-refractivity contribution in [3.8, 4) is 22.3 Å². The van der Waals surface area contributed by atoms with Gasteiger partial charge in [0, 0.05) is 48.5 Å². The highest BCUT2D eigenvalue weighted by molar-refractivity contribution is 6.01. The third-order valence-electron chi connectivity index (χ3n) is 7.08. The van der Waals surface area contributed by atoms with Crippen LogP contribution in [0.4, 0.5) is 14.5 Å². The summed E-state index contributed by atoms with van der Waals surface area (Å²) in [5, 5.41) is 4.39. The monoisotopic (exact) mass is 488 g/mol. The van der Waals surface area contributed by atoms with Gasteiger partial charge in [0.05, 0.1) is 30.0 Å². The van der Waals surface area contributed by atoms with Gasteiger partial charge in [0.2, 0.25) is 0 Å². The molecule has 0 radical (unpaired) electrons. The van der Waals surface area contributed by atoms with Crippen LogP contribution in [0, 0.1) is 18.6 Å². The molecule has 2 fully saturated rings. The summed E-state index contributed by atoms with van der Waals surface area (Å²) >= 11 is 0. The first kappa shape index (κ1) is 22.8. The zero-order chi connectivity index (χ0) is 24.8. The van der Waals surface area contributed by atoms with Gasteiger partial charge in [0.1, 0.15) is 11.6 Å². The number of piperidine rings is 1. The summed E-state index contributed by atoms with van der Waals surface area (Å²) < 4.78 is 34.4. The Morgan fingerprint density at radius 3 is 2.81 bits per heavy atom. The molecule has 0 amide bonds. The van der Waals surface area contributed by atoms with Crippen LogP contribution in [-0.2, 0) is 4.74 Å². The molecule has 4 aromatic rings. The second kappa shape index (κ2) is 9.11. The van der Waals surface area contributed by atoms with E-state index in [2.05, 4.69) is 20.2 Å². The molecule has 2 N–H and O–H groups in total. The number of nitrogens with one attached hydrogen (secondary N) is 2. The fraction of sp³-hybridized carbons (Fsp3) is 0.286. The van der Waals surface area contributed by atoms with Crippen molar-refractivity contribution in [3.63, 3.8) is 0 Å². The summed E-state index contributed by atoms with van der Waals surface area (Å²) in [5.41, 5.74) is 4.50. The van der Waals surface area contributed by atoms with E-state index in [1.54, 1.807) is 12.3 Å². The highest BCUT2D eigenvalue weighted by Gasteiger charge is 2.33. The molecule has 2 saturated heterocycles. The van der Waals surface area contributed by atoms with Crippen LogP contribution in [0.15, 0.2) is 59.7 Å². The Balaban J connectivity index is 1.56. The van der Waals surface area contributed by atoms with Crippen LogP contribution < -0.4 is 15.8 Å². The number of aromatic nitrogens is 2. The van der Waals surface area contributed by atoms with Crippen molar-refractivity contribution in [2.75, 3.05) is 31.1 Å². The van der Waals surface area contributed by atoms with Crippen LogP contribution in [0.1, 0.15) is 12.0 Å². The lowest BCUT2D eigenvalue weighted by atomic mass is 9.94. The summed E-state index contributed by atoms with van der Waals surface area (Å²) in [4.78, 5) is 21.9. The predicted molar refractivity (Wildman–Crippen MR) is 136 cm³/mol. The number of morpholine rings is 1. The van der Waals surface area contributed by atoms with E-state index in [1.807, 2.05) is 25.1 Å². The lowest BCUT2D eigenvalue weighted by Gasteiger charge is -2.43. The van der Waals surface area contributed by atoms with Gasteiger partial charge in [0.25, 0.3) is 5.56 Å². The molecule has 6 rings (SSSR count). The van der Waals surface area contributed by atoms with E-state index >= 15 is 0 Å². The van der Waals surface area contributed by atoms with Gasteiger partial charge in [-0.05, 0) is 60.4 Å². The molecule has 4 heterocycles. The van der Waals surface area contributed by atoms with Crippen molar-refractivity contribution in [2.45, 2.75) is 25.5 Å². The topological polar surface area (TPSA) is 70.2 Å². The van der Waals surface area contributed by atoms with Crippen molar-refractivity contribution >= 4 is 16.6 Å². The van der Waals surface area contributed by atoms with Crippen LogP contribution in [0.2, 0.25) is 0 Å². The number of aryl methyl sites for hydroxylation is 1. The largest absolute Gasteiger partial charge is 0.375 e. The minimum absolute atomic E-state index is 0.157. The lowest BCUT2D eigenvalue weighted by molar-refractivity contribution is -0.0134. The van der Waals surface area contributed by atoms with Crippen molar-refractivity contribution in [1.82, 2.24) is 15.3 Å². The molecule has 6 nitrogen and oxygen atoms in total. The lowest BCUT2D eigenvalue weighted by Crippen LogP contribution is -2.58. The molecule has 2 aliphatic heterocycles. The van der Waals surface area contributed by atoms with E-state index in [9.17, 15) is 13.6 Å². The minimum Gasteiger partial charge on any atom is -0.375 e. The number of benzene rings is 2. The van der Waals surface area contributed by atoms with Gasteiger partial charge >= 0.3 is 0 Å². The molecule has 8 heteroatoms. The molecule has 2 atom stereocenters. The maximum absolute atomic E-state index is 14.5. The highest BCUT2D eigenvalue weighted by Crippen LogP contribution is 2.40. The summed E-state index contributed by atoms with van der Waals surface area (Å²) in [6.45, 7) is 4.85. The fourth-order valence-electron chi connectivity index (χ4n) is 5.45. The van der Waals surface area contributed by atoms with Gasteiger partial charge in [-0.1, -0.05) is 12.1 Å². The number of nitrogens with zero attached hydrogens (tertiary/aromatic N) is 2. The third kappa shape index (κ3) is 4.16. The van der Waals surface area contributed by atoms with Crippen LogP contribution in [0.3, 0.4) is 0 Å². The molecule has 36 heavy (non-hydrogen) atoms. The molecule has 0 spiro atoms. The van der Waals surface area contributed by atoms with Gasteiger partial charge in [-0.2, -0.15) is 0 Å². The van der Waals surface area contributed by atoms with Gasteiger partial charge in [0.15, 0.2) is 0 Å². The minimum atomic E-state index is -0.516. The van der Waals surface area contributed by atoms with Crippen molar-refractivity contribution in [1.29, 1.82) is 0 Å². The summed E-state index contributed by atoms with van der Waals surface area (Å²) in [6, 6.07) is 11.9. The first-order valence-corrected chi connectivity index (χ1v) is 12.1. The first-order chi connectivity index (χ1) is 17.5. The van der Waals surface area contributed by atoms with Crippen LogP contribution in [-0.4, -0.2) is 48.4 Å². The van der Waals surface area contributed by atoms with Crippen LogP contribution >= 0.6 is 0 Å². The van der Waals surface area contributed by atoms with Crippen LogP contribution in [0.5, 0.6) is 0 Å². The quantitative estimate of drug-likeness (QED) is 0.447. The van der Waals surface area contributed by atoms with Gasteiger partial charge in [-0.25, -0.2) is 8.78 Å². The average molecular weight is 489 g/mol. The van der Waals surface area contributed by atoms with E-state index in [4.69, 9.17) is 4.74 Å². The zero-order valence-corrected chi connectivity index (χ0v) is 19.9. The Labute approximate surface area is 206 Å². The van der Waals surface area contributed by atoms with E-state index in [-0.39, 0.29) is 29.1 Å². The Hall–Kier alpha value is -3.62. The maximum atomic E-state index is 14.5. The van der Waals surface area contributed by atoms with E-state index < -0.39 is 5.82 Å². The second-order valence-corrected chi connectivity index (χ2v) is 9.53. The third-order valence-corrected chi connectivity index (χ3v) is 7.08. The molecule has 2 aromatic carbocycles. The molecule has 0 unspecified atom stereocenters. The summed E-state index contributed by atoms with van der Waals surface area (Å²) in [7, 11) is 0. The molecule has 0 saturated carbocycles. The number of H-pyrrole nitrogens is 1. The van der Waals surface area contributed by atoms with E-state index in [0.717, 1.165) is 65.5 Å². The molecule has 0 aliphatic carbocycles. The molecule has 2 aromatic heterocycles. The number of fused-ring (bicyclic) bond motifs is 2. The molecular formula is C28H26F2N4O2. The smallest absolute Gasteiger partial charge is 0.256 e. The van der Waals surface area contributed by atoms with Crippen molar-refractivity contribution < 1.29 is 13.5 Å². The number of aromatic amines is 1. The number of ether oxygens (including phenoxy) is 1. The molecule has 184 valence electrons. The molecule has 0 bridgehead atoms. The number of halogens is 2. The highest BCUT2D eigenvalue weighted by atomic mass is 19.1. The van der Waals surface area contributed by atoms with Gasteiger partial charge in [-0.15, -0.1) is 0 Å². The van der Waals surface area contributed by atoms with Gasteiger partial charge in [-0.3, -0.25) is 9.78 Å². The summed E-state index contributed by atoms with van der Waals surface area (Å²) in [5.74, 6) is -0.824. The Kier molecular flexibility index (Phi) is 5.78. The van der Waals surface area contributed by atoms with E-state index in [1.165, 1.54) is 18.2 Å². The average Bonchev–Trinajstić information content (AvgIpc) is 2.88. The number of rotatable bonds is 3. The zero-order valence-electron chi connectivity index (χ0n) is 19.9. The van der Waals surface area contributed by atoms with E-state index in [0.29, 0.717) is 12.2 Å². The SMILES string of the molecule is Cc1cc(F)cc(-c2cnc3ccc(-c4cc(F)c[nH]c4=O)cc3c2N2CC[C@H]3OCCN[C@@H]3C2)c1. The number of anilines is 1. The Morgan fingerprint density at radius 2 is 1.94 bits per heavy atom. The second-order valence-electron chi connectivity index (χ2n) is 9.53. The molecule has 2 aliphatic rings. The van der Waals surface area contributed by atoms with Crippen molar-refractivity contribution in [3.05, 3.63) is 82.4 Å². The number of hydrogen-bond acceptors (Lipinski definition) is 5. The maximum Gasteiger partial charge on any atom is 0.256 e. The molecular weight excluding hydrogens is 462 g/mol. The van der Waals surface area contributed by atoms with Gasteiger partial charge < -0.3 is 19.9 Å². The number of pyridine rings is 2. The Bertz CT molecular complexity index is 1500. The normalized spacial score (nSPS) is 19.9. The standard InChI is InChI=1S/C28H26F2N4O2/c1-16-8-18(10-19(29)9-16)23-14-32-24-3-2-17(21-12-20(30)13-33-28(21)35)11-22(24)27(23)34-6-4-26-25(15-34)31-5-7-36-26/h2-3,8-14,25-26,31H,4-7,15H2,1H3,(H,33,35)/t25-,26-/m1/s1. The van der Waals surface area contributed by atoms with Crippen LogP contribution in [0.25, 0.3) is 33.2 Å². The summed E-state index contributed by atoms with van der Waals surface area (Å²) in [6.07, 6.45) is 3.85. The Morgan fingerprint density at radius 1 is 1.06 bits per heavy atom. The van der Waals surface area contributed by atoms with Crippen molar-refractivity contribution in [2.24, 2.45) is 0 Å². The first-order valence-electron chi connectivity index (χ1n) is 12.1. The predicted octanol–water partition coefficient (Wildman–Crippen LogP) is 4.41. The fourth-order valence-corrected chi connectivity index (χ4v) is 5.45.